The minimum atomic E-state index is -1.20. The van der Waals surface area contributed by atoms with Crippen molar-refractivity contribution in [3.8, 4) is 0 Å². The van der Waals surface area contributed by atoms with E-state index in [0.717, 1.165) is 43.0 Å². The van der Waals surface area contributed by atoms with E-state index in [4.69, 9.17) is 20.8 Å². The molecule has 1 unspecified atom stereocenters. The molecule has 1 rings (SSSR count). The third kappa shape index (κ3) is 8.89. The number of esters is 1. The summed E-state index contributed by atoms with van der Waals surface area (Å²) in [5.74, 6) is -0.660. The highest BCUT2D eigenvalue weighted by atomic mass is 35.5. The lowest BCUT2D eigenvalue weighted by Gasteiger charge is -2.13. The molecular formula is C18H25ClO4Si. The zero-order chi connectivity index (χ0) is 17.8. The lowest BCUT2D eigenvalue weighted by atomic mass is 10.0. The second-order valence-corrected chi connectivity index (χ2v) is 7.45. The van der Waals surface area contributed by atoms with Gasteiger partial charge in [0.1, 0.15) is 0 Å². The fourth-order valence-electron chi connectivity index (χ4n) is 2.11. The van der Waals surface area contributed by atoms with Crippen molar-refractivity contribution in [1.82, 2.24) is 0 Å². The van der Waals surface area contributed by atoms with E-state index in [2.05, 4.69) is 13.8 Å². The van der Waals surface area contributed by atoms with E-state index in [1.54, 1.807) is 12.1 Å². The lowest BCUT2D eigenvalue weighted by molar-refractivity contribution is -0.139. The minimum absolute atomic E-state index is 0.379. The zero-order valence-electron chi connectivity index (χ0n) is 14.3. The second kappa shape index (κ2) is 11.9. The smallest absolute Gasteiger partial charge is 0.331 e. The van der Waals surface area contributed by atoms with Crippen LogP contribution in [0.3, 0.4) is 0 Å². The molecule has 0 amide bonds. The van der Waals surface area contributed by atoms with E-state index in [9.17, 15) is 9.59 Å². The molecule has 0 aliphatic carbocycles. The number of hydrogen-bond donors (Lipinski definition) is 0. The Kier molecular flexibility index (Phi) is 10.1. The van der Waals surface area contributed by atoms with Crippen molar-refractivity contribution in [2.75, 3.05) is 6.61 Å². The molecule has 0 heterocycles. The van der Waals surface area contributed by atoms with Crippen molar-refractivity contribution >= 4 is 38.5 Å². The van der Waals surface area contributed by atoms with Gasteiger partial charge < -0.3 is 9.16 Å². The Morgan fingerprint density at radius 3 is 2.67 bits per heavy atom. The van der Waals surface area contributed by atoms with E-state index < -0.39 is 21.7 Å². The lowest BCUT2D eigenvalue weighted by Crippen LogP contribution is -2.20. The zero-order valence-corrected chi connectivity index (χ0v) is 16.5. The van der Waals surface area contributed by atoms with Gasteiger partial charge in [0.2, 0.25) is 0 Å². The quantitative estimate of drug-likeness (QED) is 0.362. The summed E-state index contributed by atoms with van der Waals surface area (Å²) in [5.41, 5.74) is 0. The van der Waals surface area contributed by atoms with Crippen molar-refractivity contribution in [3.63, 3.8) is 0 Å². The van der Waals surface area contributed by atoms with Gasteiger partial charge in [0.05, 0.1) is 6.61 Å². The average Bonchev–Trinajstić information content (AvgIpc) is 2.58. The van der Waals surface area contributed by atoms with Crippen LogP contribution in [-0.4, -0.2) is 28.3 Å². The molecule has 1 aromatic rings. The van der Waals surface area contributed by atoms with Crippen molar-refractivity contribution < 1.29 is 18.8 Å². The van der Waals surface area contributed by atoms with Gasteiger partial charge in [0.25, 0.3) is 9.76 Å². The summed E-state index contributed by atoms with van der Waals surface area (Å²) in [4.78, 5) is 23.3. The van der Waals surface area contributed by atoms with Gasteiger partial charge in [-0.3, -0.25) is 0 Å². The van der Waals surface area contributed by atoms with Crippen LogP contribution in [0.2, 0.25) is 5.02 Å². The molecule has 0 aliphatic heterocycles. The van der Waals surface area contributed by atoms with Crippen LogP contribution in [-0.2, 0) is 18.8 Å². The molecular weight excluding hydrogens is 344 g/mol. The Morgan fingerprint density at radius 2 is 2.00 bits per heavy atom. The number of benzene rings is 1. The summed E-state index contributed by atoms with van der Waals surface area (Å²) in [6.45, 7) is 4.62. The molecule has 0 radical (unpaired) electrons. The summed E-state index contributed by atoms with van der Waals surface area (Å²) in [6.07, 6.45) is 6.54. The third-order valence-corrected chi connectivity index (χ3v) is 5.07. The monoisotopic (exact) mass is 368 g/mol. The normalized spacial score (nSPS) is 12.6. The molecule has 1 atom stereocenters. The fraction of sp³-hybridized carbons (Fsp3) is 0.444. The predicted octanol–water partition coefficient (Wildman–Crippen LogP) is 2.91. The van der Waals surface area contributed by atoms with Crippen molar-refractivity contribution in [2.24, 2.45) is 5.92 Å². The number of hydrogen-bond acceptors (Lipinski definition) is 4. The van der Waals surface area contributed by atoms with Crippen molar-refractivity contribution in [2.45, 2.75) is 39.5 Å². The molecule has 0 bridgehead atoms. The van der Waals surface area contributed by atoms with Gasteiger partial charge in [0, 0.05) is 17.2 Å². The Bertz CT molecular complexity index is 560. The summed E-state index contributed by atoms with van der Waals surface area (Å²) in [7, 11) is -1.20. The van der Waals surface area contributed by atoms with Crippen LogP contribution >= 0.6 is 11.6 Å². The minimum Gasteiger partial charge on any atom is -0.517 e. The van der Waals surface area contributed by atoms with E-state index in [-0.39, 0.29) is 0 Å². The first-order valence-electron chi connectivity index (χ1n) is 8.31. The van der Waals surface area contributed by atoms with Gasteiger partial charge in [-0.2, -0.15) is 0 Å². The highest BCUT2D eigenvalue weighted by molar-refractivity contribution is 6.49. The van der Waals surface area contributed by atoms with Gasteiger partial charge in [-0.1, -0.05) is 56.8 Å². The molecule has 0 fully saturated rings. The maximum absolute atomic E-state index is 11.6. The van der Waals surface area contributed by atoms with Gasteiger partial charge in [0.15, 0.2) is 0 Å². The Labute approximate surface area is 151 Å². The summed E-state index contributed by atoms with van der Waals surface area (Å²) >= 11 is 5.87. The van der Waals surface area contributed by atoms with Crippen LogP contribution < -0.4 is 5.19 Å². The number of carbonyl (C=O) groups excluding carboxylic acids is 2. The van der Waals surface area contributed by atoms with Gasteiger partial charge in [-0.15, -0.1) is 0 Å². The Morgan fingerprint density at radius 1 is 1.25 bits per heavy atom. The van der Waals surface area contributed by atoms with E-state index in [1.165, 1.54) is 0 Å². The summed E-state index contributed by atoms with van der Waals surface area (Å²) < 4.78 is 10.4. The van der Waals surface area contributed by atoms with Crippen molar-refractivity contribution in [3.05, 3.63) is 41.4 Å². The average molecular weight is 369 g/mol. The first-order valence-corrected chi connectivity index (χ1v) is 9.97. The molecule has 4 nitrogen and oxygen atoms in total. The molecule has 1 aromatic carbocycles. The number of ether oxygens (including phenoxy) is 1. The largest absolute Gasteiger partial charge is 0.517 e. The van der Waals surface area contributed by atoms with E-state index >= 15 is 0 Å². The van der Waals surface area contributed by atoms with E-state index in [0.29, 0.717) is 17.5 Å². The molecule has 0 saturated heterocycles. The van der Waals surface area contributed by atoms with Gasteiger partial charge >= 0.3 is 11.9 Å². The highest BCUT2D eigenvalue weighted by Gasteiger charge is 2.09. The molecule has 0 aliphatic rings. The van der Waals surface area contributed by atoms with Crippen LogP contribution in [0.4, 0.5) is 0 Å². The van der Waals surface area contributed by atoms with Crippen LogP contribution in [0, 0.1) is 5.92 Å². The Balaban J connectivity index is 2.31. The van der Waals surface area contributed by atoms with Crippen molar-refractivity contribution in [1.29, 1.82) is 0 Å². The predicted molar refractivity (Wildman–Crippen MR) is 99.1 cm³/mol. The van der Waals surface area contributed by atoms with Crippen LogP contribution in [0.5, 0.6) is 0 Å². The molecule has 132 valence electrons. The Hall–Kier alpha value is -1.59. The summed E-state index contributed by atoms with van der Waals surface area (Å²) in [6, 6.07) is 7.22. The SMILES string of the molecule is CCCCC(CC)COC(=O)/C=C/C(=O)O[SiH2]c1cccc(Cl)c1. The fourth-order valence-corrected chi connectivity index (χ4v) is 3.39. The van der Waals surface area contributed by atoms with Gasteiger partial charge in [-0.25, -0.2) is 9.59 Å². The highest BCUT2D eigenvalue weighted by Crippen LogP contribution is 2.12. The molecule has 0 aromatic heterocycles. The molecule has 0 spiro atoms. The second-order valence-electron chi connectivity index (χ2n) is 5.62. The van der Waals surface area contributed by atoms with Crippen LogP contribution in [0.1, 0.15) is 39.5 Å². The first kappa shape index (κ1) is 20.5. The van der Waals surface area contributed by atoms with Gasteiger partial charge in [-0.05, 0) is 29.7 Å². The molecule has 24 heavy (non-hydrogen) atoms. The third-order valence-electron chi connectivity index (χ3n) is 3.63. The summed E-state index contributed by atoms with van der Waals surface area (Å²) in [5, 5.41) is 1.54. The molecule has 0 saturated carbocycles. The maximum atomic E-state index is 11.6. The molecule has 6 heteroatoms. The van der Waals surface area contributed by atoms with E-state index in [1.807, 2.05) is 12.1 Å². The maximum Gasteiger partial charge on any atom is 0.331 e. The number of carbonyl (C=O) groups is 2. The standard InChI is InChI=1S/C18H25ClO4Si/c1-3-5-7-14(4-2)13-22-17(20)10-11-18(21)23-24-16-9-6-8-15(19)12-16/h6,8-12,14H,3-5,7,13,24H2,1-2H3/b11-10+. The van der Waals surface area contributed by atoms with Crippen LogP contribution in [0.15, 0.2) is 36.4 Å². The number of unbranched alkanes of at least 4 members (excludes halogenated alkanes) is 1. The molecule has 0 N–H and O–H groups in total. The van der Waals surface area contributed by atoms with Crippen LogP contribution in [0.25, 0.3) is 0 Å². The number of halogens is 1. The topological polar surface area (TPSA) is 52.6 Å². The number of rotatable bonds is 10. The first-order chi connectivity index (χ1) is 11.5.